The highest BCUT2D eigenvalue weighted by atomic mass is 16.2. The van der Waals surface area contributed by atoms with Crippen LogP contribution in [-0.4, -0.2) is 45.4 Å². The molecule has 1 aromatic heterocycles. The van der Waals surface area contributed by atoms with Crippen LogP contribution >= 0.6 is 0 Å². The summed E-state index contributed by atoms with van der Waals surface area (Å²) in [4.78, 5) is 14.0. The van der Waals surface area contributed by atoms with E-state index < -0.39 is 0 Å². The van der Waals surface area contributed by atoms with Crippen LogP contribution in [0.15, 0.2) is 6.20 Å². The van der Waals surface area contributed by atoms with Gasteiger partial charge in [-0.3, -0.25) is 4.79 Å². The number of rotatable bonds is 5. The summed E-state index contributed by atoms with van der Waals surface area (Å²) in [5, 5.41) is 11.5. The number of aromatic nitrogens is 3. The van der Waals surface area contributed by atoms with Gasteiger partial charge in [-0.15, -0.1) is 5.10 Å². The van der Waals surface area contributed by atoms with Gasteiger partial charge in [-0.2, -0.15) is 0 Å². The topological polar surface area (TPSA) is 63.1 Å². The van der Waals surface area contributed by atoms with E-state index in [1.165, 1.54) is 6.42 Å². The van der Waals surface area contributed by atoms with Gasteiger partial charge in [-0.05, 0) is 40.0 Å². The Balaban J connectivity index is 1.67. The molecule has 1 N–H and O–H groups in total. The molecule has 2 heterocycles. The third-order valence-corrected chi connectivity index (χ3v) is 3.76. The molecule has 6 heteroatoms. The quantitative estimate of drug-likeness (QED) is 0.836. The normalized spacial score (nSPS) is 16.2. The first-order valence-corrected chi connectivity index (χ1v) is 7.87. The van der Waals surface area contributed by atoms with E-state index in [-0.39, 0.29) is 11.4 Å². The van der Waals surface area contributed by atoms with E-state index >= 15 is 0 Å². The summed E-state index contributed by atoms with van der Waals surface area (Å²) in [6.07, 6.45) is 6.07. The number of hydrogen-bond donors (Lipinski definition) is 1. The van der Waals surface area contributed by atoms with Gasteiger partial charge in [-0.25, -0.2) is 4.68 Å². The molecule has 0 aromatic carbocycles. The molecule has 1 aliphatic rings. The van der Waals surface area contributed by atoms with Gasteiger partial charge in [0.25, 0.3) is 0 Å². The highest BCUT2D eigenvalue weighted by molar-refractivity contribution is 5.76. The first-order valence-electron chi connectivity index (χ1n) is 7.87. The molecular formula is C15H27N5O. The Hall–Kier alpha value is -1.43. The van der Waals surface area contributed by atoms with E-state index in [1.807, 2.05) is 15.8 Å². The van der Waals surface area contributed by atoms with Crippen molar-refractivity contribution in [3.8, 4) is 0 Å². The maximum absolute atomic E-state index is 12.0. The smallest absolute Gasteiger partial charge is 0.223 e. The average Bonchev–Trinajstić information content (AvgIpc) is 2.93. The predicted molar refractivity (Wildman–Crippen MR) is 81.8 cm³/mol. The van der Waals surface area contributed by atoms with Crippen molar-refractivity contribution in [1.82, 2.24) is 25.2 Å². The number of piperidine rings is 1. The third-order valence-electron chi connectivity index (χ3n) is 3.76. The molecule has 21 heavy (non-hydrogen) atoms. The largest absolute Gasteiger partial charge is 0.343 e. The number of hydrogen-bond acceptors (Lipinski definition) is 4. The van der Waals surface area contributed by atoms with E-state index in [2.05, 4.69) is 36.4 Å². The molecule has 118 valence electrons. The van der Waals surface area contributed by atoms with Crippen LogP contribution in [0.25, 0.3) is 0 Å². The van der Waals surface area contributed by atoms with E-state index in [0.717, 1.165) is 31.6 Å². The predicted octanol–water partition coefficient (Wildman–Crippen LogP) is 1.53. The molecule has 0 aliphatic carbocycles. The van der Waals surface area contributed by atoms with Crippen LogP contribution in [-0.2, 0) is 16.9 Å². The minimum atomic E-state index is -0.0462. The average molecular weight is 293 g/mol. The molecule has 0 saturated carbocycles. The highest BCUT2D eigenvalue weighted by Gasteiger charge is 2.16. The molecule has 0 spiro atoms. The lowest BCUT2D eigenvalue weighted by molar-refractivity contribution is -0.131. The van der Waals surface area contributed by atoms with Crippen LogP contribution < -0.4 is 5.32 Å². The summed E-state index contributed by atoms with van der Waals surface area (Å²) >= 11 is 0. The fourth-order valence-electron chi connectivity index (χ4n) is 2.42. The van der Waals surface area contributed by atoms with Gasteiger partial charge in [0.15, 0.2) is 0 Å². The molecule has 1 amide bonds. The van der Waals surface area contributed by atoms with Crippen LogP contribution in [0.2, 0.25) is 0 Å². The maximum Gasteiger partial charge on any atom is 0.223 e. The summed E-state index contributed by atoms with van der Waals surface area (Å²) < 4.78 is 1.86. The second kappa shape index (κ2) is 7.02. The van der Waals surface area contributed by atoms with Gasteiger partial charge in [0, 0.05) is 32.6 Å². The van der Waals surface area contributed by atoms with Crippen LogP contribution in [0, 0.1) is 0 Å². The van der Waals surface area contributed by atoms with E-state index in [9.17, 15) is 4.79 Å². The standard InChI is InChI=1S/C15H27N5O/c1-15(2,3)20-12-13(17-18-20)11-16-8-7-14(21)19-9-5-4-6-10-19/h12,16H,4-11H2,1-3H3. The Morgan fingerprint density at radius 2 is 2.00 bits per heavy atom. The second-order valence-corrected chi connectivity index (χ2v) is 6.69. The molecule has 6 nitrogen and oxygen atoms in total. The van der Waals surface area contributed by atoms with Crippen molar-refractivity contribution in [3.63, 3.8) is 0 Å². The Morgan fingerprint density at radius 1 is 1.29 bits per heavy atom. The molecule has 0 atom stereocenters. The van der Waals surface area contributed by atoms with Crippen molar-refractivity contribution in [3.05, 3.63) is 11.9 Å². The van der Waals surface area contributed by atoms with Gasteiger partial charge in [0.1, 0.15) is 0 Å². The maximum atomic E-state index is 12.0. The van der Waals surface area contributed by atoms with Crippen molar-refractivity contribution < 1.29 is 4.79 Å². The third kappa shape index (κ3) is 4.81. The van der Waals surface area contributed by atoms with Crippen LogP contribution in [0.4, 0.5) is 0 Å². The Bertz CT molecular complexity index is 457. The molecule has 1 saturated heterocycles. The lowest BCUT2D eigenvalue weighted by Gasteiger charge is -2.26. The van der Waals surface area contributed by atoms with Crippen molar-refractivity contribution in [2.75, 3.05) is 19.6 Å². The van der Waals surface area contributed by atoms with Gasteiger partial charge in [-0.1, -0.05) is 5.21 Å². The number of likely N-dealkylation sites (tertiary alicyclic amines) is 1. The van der Waals surface area contributed by atoms with Crippen molar-refractivity contribution in [2.45, 2.75) is 58.5 Å². The second-order valence-electron chi connectivity index (χ2n) is 6.69. The minimum Gasteiger partial charge on any atom is -0.343 e. The van der Waals surface area contributed by atoms with E-state index in [1.54, 1.807) is 0 Å². The molecule has 1 fully saturated rings. The molecule has 0 radical (unpaired) electrons. The summed E-state index contributed by atoms with van der Waals surface area (Å²) in [6, 6.07) is 0. The van der Waals surface area contributed by atoms with Gasteiger partial charge >= 0.3 is 0 Å². The monoisotopic (exact) mass is 293 g/mol. The number of nitrogens with one attached hydrogen (secondary N) is 1. The van der Waals surface area contributed by atoms with Crippen LogP contribution in [0.3, 0.4) is 0 Å². The molecule has 1 aromatic rings. The fourth-order valence-corrected chi connectivity index (χ4v) is 2.42. The van der Waals surface area contributed by atoms with Crippen LogP contribution in [0.5, 0.6) is 0 Å². The van der Waals surface area contributed by atoms with Gasteiger partial charge in [0.05, 0.1) is 17.4 Å². The van der Waals surface area contributed by atoms with Crippen molar-refractivity contribution >= 4 is 5.91 Å². The molecule has 0 bridgehead atoms. The first-order chi connectivity index (χ1) is 9.97. The number of nitrogens with zero attached hydrogens (tertiary/aromatic N) is 4. The summed E-state index contributed by atoms with van der Waals surface area (Å²) in [6.45, 7) is 9.49. The van der Waals surface area contributed by atoms with Gasteiger partial charge in [0.2, 0.25) is 5.91 Å². The minimum absolute atomic E-state index is 0.0462. The number of amides is 1. The van der Waals surface area contributed by atoms with E-state index in [0.29, 0.717) is 19.5 Å². The van der Waals surface area contributed by atoms with E-state index in [4.69, 9.17) is 0 Å². The SMILES string of the molecule is CC(C)(C)n1cc(CNCCC(=O)N2CCCCC2)nn1. The number of carbonyl (C=O) groups excluding carboxylic acids is 1. The Kier molecular flexibility index (Phi) is 5.33. The summed E-state index contributed by atoms with van der Waals surface area (Å²) in [7, 11) is 0. The molecule has 2 rings (SSSR count). The highest BCUT2D eigenvalue weighted by Crippen LogP contribution is 2.12. The molecule has 1 aliphatic heterocycles. The fraction of sp³-hybridized carbons (Fsp3) is 0.800. The lowest BCUT2D eigenvalue weighted by atomic mass is 10.1. The van der Waals surface area contributed by atoms with Crippen molar-refractivity contribution in [1.29, 1.82) is 0 Å². The zero-order valence-electron chi connectivity index (χ0n) is 13.4. The van der Waals surface area contributed by atoms with Crippen LogP contribution in [0.1, 0.15) is 52.1 Å². The summed E-state index contributed by atoms with van der Waals surface area (Å²) in [5.41, 5.74) is 0.866. The zero-order chi connectivity index (χ0) is 15.3. The lowest BCUT2D eigenvalue weighted by Crippen LogP contribution is -2.37. The molecular weight excluding hydrogens is 266 g/mol. The first kappa shape index (κ1) is 15.9. The Morgan fingerprint density at radius 3 is 2.62 bits per heavy atom. The molecule has 0 unspecified atom stereocenters. The summed E-state index contributed by atoms with van der Waals surface area (Å²) in [5.74, 6) is 0.264. The zero-order valence-corrected chi connectivity index (χ0v) is 13.4. The Labute approximate surface area is 126 Å². The van der Waals surface area contributed by atoms with Crippen molar-refractivity contribution in [2.24, 2.45) is 0 Å². The number of carbonyl (C=O) groups is 1. The van der Waals surface area contributed by atoms with Gasteiger partial charge < -0.3 is 10.2 Å².